The largest absolute Gasteiger partial charge is 0.338 e. The van der Waals surface area contributed by atoms with Gasteiger partial charge in [-0.2, -0.15) is 0 Å². The third kappa shape index (κ3) is 4.50. The average molecular weight is 239 g/mol. The highest BCUT2D eigenvalue weighted by Crippen LogP contribution is 2.01. The van der Waals surface area contributed by atoms with Crippen molar-refractivity contribution in [2.75, 3.05) is 6.54 Å². The molecule has 6 nitrogen and oxygen atoms in total. The number of carbonyl (C=O) groups excluding carboxylic acids is 3. The van der Waals surface area contributed by atoms with Gasteiger partial charge in [0.2, 0.25) is 6.41 Å². The lowest BCUT2D eigenvalue weighted by Gasteiger charge is -2.22. The topological polar surface area (TPSA) is 69.7 Å². The Kier molecular flexibility index (Phi) is 7.09. The van der Waals surface area contributed by atoms with Gasteiger partial charge in [-0.1, -0.05) is 26.5 Å². The number of rotatable bonds is 6. The molecule has 0 aromatic carbocycles. The number of urea groups is 2. The van der Waals surface area contributed by atoms with E-state index in [9.17, 15) is 14.4 Å². The van der Waals surface area contributed by atoms with Crippen molar-refractivity contribution in [2.24, 2.45) is 0 Å². The van der Waals surface area contributed by atoms with Crippen molar-refractivity contribution >= 4 is 18.5 Å². The third-order valence-corrected chi connectivity index (χ3v) is 1.96. The summed E-state index contributed by atoms with van der Waals surface area (Å²) in [6.45, 7) is 8.86. The second-order valence-electron chi connectivity index (χ2n) is 3.14. The van der Waals surface area contributed by atoms with Crippen LogP contribution in [0, 0.1) is 0 Å². The molecular weight excluding hydrogens is 222 g/mol. The Balaban J connectivity index is 4.69. The molecule has 0 atom stereocenters. The summed E-state index contributed by atoms with van der Waals surface area (Å²) in [4.78, 5) is 35.6. The maximum absolute atomic E-state index is 11.8. The standard InChI is InChI=1S/C11H17N3O3/c1-4-7-8-13(9-15)11(17)14(6-3)10(16)12-5-2/h5-6,9H,2-4,7-8H2,1H3,(H,12,16). The smallest absolute Gasteiger partial charge is 0.314 e. The van der Waals surface area contributed by atoms with Crippen LogP contribution in [0.2, 0.25) is 0 Å². The lowest BCUT2D eigenvalue weighted by atomic mass is 10.3. The van der Waals surface area contributed by atoms with Crippen molar-refractivity contribution in [1.29, 1.82) is 0 Å². The molecule has 94 valence electrons. The van der Waals surface area contributed by atoms with Crippen LogP contribution in [0.4, 0.5) is 9.59 Å². The number of hydrogen-bond acceptors (Lipinski definition) is 3. The van der Waals surface area contributed by atoms with E-state index in [1.54, 1.807) is 0 Å². The normalized spacial score (nSPS) is 9.00. The van der Waals surface area contributed by atoms with Crippen LogP contribution in [0.3, 0.4) is 0 Å². The van der Waals surface area contributed by atoms with E-state index in [-0.39, 0.29) is 6.54 Å². The van der Waals surface area contributed by atoms with E-state index >= 15 is 0 Å². The lowest BCUT2D eigenvalue weighted by molar-refractivity contribution is -0.115. The third-order valence-electron chi connectivity index (χ3n) is 1.96. The van der Waals surface area contributed by atoms with Crippen molar-refractivity contribution in [2.45, 2.75) is 19.8 Å². The van der Waals surface area contributed by atoms with Gasteiger partial charge >= 0.3 is 12.1 Å². The molecule has 0 fully saturated rings. The first kappa shape index (κ1) is 14.9. The number of hydrogen-bond donors (Lipinski definition) is 1. The van der Waals surface area contributed by atoms with Crippen LogP contribution in [-0.2, 0) is 4.79 Å². The van der Waals surface area contributed by atoms with Gasteiger partial charge in [-0.05, 0) is 12.6 Å². The molecule has 17 heavy (non-hydrogen) atoms. The molecule has 0 heterocycles. The molecule has 0 bridgehead atoms. The average Bonchev–Trinajstić information content (AvgIpc) is 2.31. The van der Waals surface area contributed by atoms with Crippen molar-refractivity contribution < 1.29 is 14.4 Å². The van der Waals surface area contributed by atoms with Crippen LogP contribution in [-0.4, -0.2) is 34.8 Å². The van der Waals surface area contributed by atoms with E-state index in [0.29, 0.717) is 17.7 Å². The van der Waals surface area contributed by atoms with Gasteiger partial charge in [0.15, 0.2) is 0 Å². The number of amides is 5. The Bertz CT molecular complexity index is 315. The van der Waals surface area contributed by atoms with E-state index in [2.05, 4.69) is 18.5 Å². The summed E-state index contributed by atoms with van der Waals surface area (Å²) in [6.07, 6.45) is 4.10. The molecule has 0 radical (unpaired) electrons. The monoisotopic (exact) mass is 239 g/mol. The Morgan fingerprint density at radius 2 is 2.00 bits per heavy atom. The number of carbonyl (C=O) groups is 3. The number of nitrogens with zero attached hydrogens (tertiary/aromatic N) is 2. The quantitative estimate of drug-likeness (QED) is 0.717. The number of unbranched alkanes of at least 4 members (excludes halogenated alkanes) is 1. The van der Waals surface area contributed by atoms with E-state index in [4.69, 9.17) is 0 Å². The maximum Gasteiger partial charge on any atom is 0.338 e. The SMILES string of the molecule is C=CNC(=O)N(C=C)C(=O)N(C=O)CCCC. The first-order valence-corrected chi connectivity index (χ1v) is 5.21. The fourth-order valence-corrected chi connectivity index (χ4v) is 1.06. The fraction of sp³-hybridized carbons (Fsp3) is 0.364. The van der Waals surface area contributed by atoms with Crippen LogP contribution in [0.1, 0.15) is 19.8 Å². The van der Waals surface area contributed by atoms with Gasteiger partial charge in [0, 0.05) is 12.7 Å². The van der Waals surface area contributed by atoms with Gasteiger partial charge in [0.05, 0.1) is 0 Å². The molecule has 0 unspecified atom stereocenters. The van der Waals surface area contributed by atoms with Crippen LogP contribution in [0.15, 0.2) is 25.6 Å². The van der Waals surface area contributed by atoms with Crippen LogP contribution >= 0.6 is 0 Å². The number of nitrogens with one attached hydrogen (secondary N) is 1. The molecule has 5 amide bonds. The molecule has 0 aliphatic rings. The molecule has 1 N–H and O–H groups in total. The first-order valence-electron chi connectivity index (χ1n) is 5.21. The van der Waals surface area contributed by atoms with Gasteiger partial charge in [-0.3, -0.25) is 9.69 Å². The van der Waals surface area contributed by atoms with Gasteiger partial charge in [0.1, 0.15) is 0 Å². The van der Waals surface area contributed by atoms with E-state index in [1.165, 1.54) is 0 Å². The summed E-state index contributed by atoms with van der Waals surface area (Å²) in [6, 6.07) is -1.44. The molecule has 0 spiro atoms. The van der Waals surface area contributed by atoms with E-state index < -0.39 is 12.1 Å². The maximum atomic E-state index is 11.8. The Hall–Kier alpha value is -2.11. The van der Waals surface area contributed by atoms with Crippen LogP contribution < -0.4 is 5.32 Å². The summed E-state index contributed by atoms with van der Waals surface area (Å²) >= 11 is 0. The van der Waals surface area contributed by atoms with Crippen LogP contribution in [0.5, 0.6) is 0 Å². The predicted octanol–water partition coefficient (Wildman–Crippen LogP) is 1.66. The molecule has 6 heteroatoms. The highest BCUT2D eigenvalue weighted by Gasteiger charge is 2.23. The second kappa shape index (κ2) is 8.09. The zero-order chi connectivity index (χ0) is 13.3. The Morgan fingerprint density at radius 3 is 2.41 bits per heavy atom. The highest BCUT2D eigenvalue weighted by atomic mass is 16.2. The molecule has 0 aliphatic heterocycles. The predicted molar refractivity (Wildman–Crippen MR) is 63.8 cm³/mol. The number of imide groups is 2. The van der Waals surface area contributed by atoms with Crippen molar-refractivity contribution in [3.05, 3.63) is 25.6 Å². The minimum atomic E-state index is -0.734. The molecule has 0 aliphatic carbocycles. The molecule has 0 saturated carbocycles. The molecule has 0 rings (SSSR count). The van der Waals surface area contributed by atoms with Gasteiger partial charge < -0.3 is 5.32 Å². The summed E-state index contributed by atoms with van der Waals surface area (Å²) in [5.74, 6) is 0. The van der Waals surface area contributed by atoms with Gasteiger partial charge in [-0.25, -0.2) is 14.5 Å². The summed E-state index contributed by atoms with van der Waals surface area (Å²) in [5.41, 5.74) is 0. The second-order valence-corrected chi connectivity index (χ2v) is 3.14. The Labute approximate surface area is 101 Å². The molecule has 0 saturated heterocycles. The molecule has 0 aromatic rings. The molecular formula is C11H17N3O3. The zero-order valence-corrected chi connectivity index (χ0v) is 9.89. The van der Waals surface area contributed by atoms with E-state index in [1.807, 2.05) is 6.92 Å². The Morgan fingerprint density at radius 1 is 1.35 bits per heavy atom. The molecule has 0 aromatic heterocycles. The van der Waals surface area contributed by atoms with Crippen molar-refractivity contribution in [3.63, 3.8) is 0 Å². The summed E-state index contributed by atoms with van der Waals surface area (Å²) in [5, 5.41) is 2.23. The lowest BCUT2D eigenvalue weighted by Crippen LogP contribution is -2.46. The minimum absolute atomic E-state index is 0.268. The summed E-state index contributed by atoms with van der Waals surface area (Å²) in [7, 11) is 0. The van der Waals surface area contributed by atoms with Gasteiger partial charge in [0.25, 0.3) is 0 Å². The van der Waals surface area contributed by atoms with E-state index in [0.717, 1.165) is 23.7 Å². The highest BCUT2D eigenvalue weighted by molar-refractivity contribution is 5.98. The first-order chi connectivity index (χ1) is 8.12. The van der Waals surface area contributed by atoms with Gasteiger partial charge in [-0.15, -0.1) is 0 Å². The van der Waals surface area contributed by atoms with Crippen molar-refractivity contribution in [3.8, 4) is 0 Å². The summed E-state index contributed by atoms with van der Waals surface area (Å²) < 4.78 is 0. The van der Waals surface area contributed by atoms with Crippen molar-refractivity contribution in [1.82, 2.24) is 15.1 Å². The minimum Gasteiger partial charge on any atom is -0.314 e. The zero-order valence-electron chi connectivity index (χ0n) is 9.89. The van der Waals surface area contributed by atoms with Crippen LogP contribution in [0.25, 0.3) is 0 Å². The fourth-order valence-electron chi connectivity index (χ4n) is 1.06.